The van der Waals surface area contributed by atoms with Gasteiger partial charge in [-0.15, -0.1) is 0 Å². The lowest BCUT2D eigenvalue weighted by molar-refractivity contribution is 0.223. The zero-order valence-corrected chi connectivity index (χ0v) is 10.4. The number of likely N-dealkylation sites (N-methyl/N-ethyl adjacent to an activating group) is 1. The van der Waals surface area contributed by atoms with E-state index < -0.39 is 26.3 Å². The van der Waals surface area contributed by atoms with E-state index in [4.69, 9.17) is 25.3 Å². The Kier molecular flexibility index (Phi) is 4.30. The van der Waals surface area contributed by atoms with Crippen LogP contribution in [0.2, 0.25) is 0 Å². The molecule has 0 spiro atoms. The average Bonchev–Trinajstić information content (AvgIpc) is 1.96. The molecule has 0 rings (SSSR count). The average molecular weight is 262 g/mol. The molecule has 6 N–H and O–H groups in total. The Morgan fingerprint density at radius 1 is 1.13 bits per heavy atom. The van der Waals surface area contributed by atoms with Gasteiger partial charge in [0.2, 0.25) is 5.02 Å². The van der Waals surface area contributed by atoms with E-state index in [0.717, 1.165) is 0 Å². The highest BCUT2D eigenvalue weighted by molar-refractivity contribution is 7.72. The third kappa shape index (κ3) is 2.67. The van der Waals surface area contributed by atoms with Crippen LogP contribution in [0, 0.1) is 0 Å². The van der Waals surface area contributed by atoms with E-state index in [9.17, 15) is 9.13 Å². The third-order valence-corrected chi connectivity index (χ3v) is 6.50. The molecule has 0 aliphatic heterocycles. The summed E-state index contributed by atoms with van der Waals surface area (Å²) in [6.07, 6.45) is 0. The molecule has 0 aliphatic rings. The Labute approximate surface area is 87.4 Å². The summed E-state index contributed by atoms with van der Waals surface area (Å²) in [5.41, 5.74) is 5.23. The molecule has 1 atom stereocenters. The predicted octanol–water partition coefficient (Wildman–Crippen LogP) is -1.10. The number of hydrogen-bond acceptors (Lipinski definition) is 4. The van der Waals surface area contributed by atoms with Crippen molar-refractivity contribution in [3.8, 4) is 0 Å². The van der Waals surface area contributed by atoms with Crippen molar-refractivity contribution in [2.24, 2.45) is 5.73 Å². The van der Waals surface area contributed by atoms with Gasteiger partial charge in [-0.25, -0.2) is 0 Å². The first-order chi connectivity index (χ1) is 6.35. The lowest BCUT2D eigenvalue weighted by Gasteiger charge is -2.38. The van der Waals surface area contributed by atoms with E-state index in [1.165, 1.54) is 25.9 Å². The monoisotopic (exact) mass is 262 g/mol. The molecule has 0 fully saturated rings. The fourth-order valence-corrected chi connectivity index (χ4v) is 3.83. The molecule has 10 heteroatoms. The maximum atomic E-state index is 11.1. The molecule has 0 amide bonds. The molecule has 0 saturated carbocycles. The van der Waals surface area contributed by atoms with Gasteiger partial charge in [-0.05, 0) is 21.0 Å². The minimum absolute atomic E-state index is 1.18. The van der Waals surface area contributed by atoms with Gasteiger partial charge in [0.05, 0.1) is 0 Å². The summed E-state index contributed by atoms with van der Waals surface area (Å²) in [4.78, 5) is 37.1. The molecule has 0 aromatic rings. The summed E-state index contributed by atoms with van der Waals surface area (Å²) in [6, 6.07) is -1.18. The Bertz CT molecular complexity index is 297. The highest BCUT2D eigenvalue weighted by Gasteiger charge is 2.61. The molecule has 0 aromatic heterocycles. The lowest BCUT2D eigenvalue weighted by atomic mass is 10.3. The van der Waals surface area contributed by atoms with E-state index in [1.54, 1.807) is 0 Å². The zero-order valence-electron chi connectivity index (χ0n) is 8.60. The molecule has 0 bridgehead atoms. The first-order valence-corrected chi connectivity index (χ1v) is 7.14. The third-order valence-electron chi connectivity index (χ3n) is 2.32. The quantitative estimate of drug-likeness (QED) is 0.402. The van der Waals surface area contributed by atoms with Gasteiger partial charge in [-0.2, -0.15) is 0 Å². The van der Waals surface area contributed by atoms with Gasteiger partial charge in [0.1, 0.15) is 0 Å². The fourth-order valence-electron chi connectivity index (χ4n) is 1.04. The number of hydrogen-bond donors (Lipinski definition) is 5. The highest BCUT2D eigenvalue weighted by atomic mass is 31.2. The van der Waals surface area contributed by atoms with Crippen molar-refractivity contribution in [1.29, 1.82) is 0 Å². The van der Waals surface area contributed by atoms with E-state index in [-0.39, 0.29) is 0 Å². The second-order valence-electron chi connectivity index (χ2n) is 3.51. The van der Waals surface area contributed by atoms with E-state index in [2.05, 4.69) is 0 Å². The lowest BCUT2D eigenvalue weighted by Crippen LogP contribution is -2.54. The first-order valence-electron chi connectivity index (χ1n) is 3.92. The van der Waals surface area contributed by atoms with Gasteiger partial charge in [0.25, 0.3) is 0 Å². The van der Waals surface area contributed by atoms with Crippen molar-refractivity contribution in [2.75, 3.05) is 14.1 Å². The molecular weight excluding hydrogens is 246 g/mol. The van der Waals surface area contributed by atoms with Gasteiger partial charge in [-0.1, -0.05) is 0 Å². The molecule has 15 heavy (non-hydrogen) atoms. The van der Waals surface area contributed by atoms with E-state index in [1.807, 2.05) is 0 Å². The zero-order chi connectivity index (χ0) is 12.7. The van der Waals surface area contributed by atoms with Crippen LogP contribution in [0.5, 0.6) is 0 Å². The minimum atomic E-state index is -5.15. The van der Waals surface area contributed by atoms with Gasteiger partial charge in [-0.3, -0.25) is 9.13 Å². The Balaban J connectivity index is 5.65. The highest BCUT2D eigenvalue weighted by Crippen LogP contribution is 2.67. The Morgan fingerprint density at radius 2 is 1.40 bits per heavy atom. The van der Waals surface area contributed by atoms with Crippen LogP contribution in [-0.2, 0) is 9.13 Å². The van der Waals surface area contributed by atoms with Crippen LogP contribution in [0.25, 0.3) is 0 Å². The summed E-state index contributed by atoms with van der Waals surface area (Å²) >= 11 is 0. The van der Waals surface area contributed by atoms with Crippen molar-refractivity contribution in [3.63, 3.8) is 0 Å². The maximum absolute atomic E-state index is 11.1. The second-order valence-corrected chi connectivity index (χ2v) is 7.52. The maximum Gasteiger partial charge on any atom is 0.359 e. The summed E-state index contributed by atoms with van der Waals surface area (Å²) in [6.45, 7) is 1.23. The van der Waals surface area contributed by atoms with Crippen LogP contribution >= 0.6 is 15.2 Å². The topological polar surface area (TPSA) is 144 Å². The van der Waals surface area contributed by atoms with Crippen molar-refractivity contribution in [2.45, 2.75) is 18.0 Å². The summed E-state index contributed by atoms with van der Waals surface area (Å²) in [7, 11) is -7.46. The van der Waals surface area contributed by atoms with Crippen molar-refractivity contribution < 1.29 is 28.7 Å². The van der Waals surface area contributed by atoms with Crippen LogP contribution < -0.4 is 5.73 Å². The second kappa shape index (κ2) is 4.24. The van der Waals surface area contributed by atoms with Crippen LogP contribution in [0.3, 0.4) is 0 Å². The molecule has 1 unspecified atom stereocenters. The smallest absolute Gasteiger partial charge is 0.323 e. The standard InChI is InChI=1S/C5H16N2O6P2/c1-4(7(2)3)5(6,14(8,9)10)15(11,12)13/h4H,6H2,1-3H3,(H2,8,9,10)(H2,11,12,13). The first kappa shape index (κ1) is 15.2. The van der Waals surface area contributed by atoms with Crippen molar-refractivity contribution in [3.05, 3.63) is 0 Å². The Morgan fingerprint density at radius 3 is 1.47 bits per heavy atom. The predicted molar refractivity (Wildman–Crippen MR) is 54.2 cm³/mol. The molecule has 0 aliphatic carbocycles. The van der Waals surface area contributed by atoms with Crippen LogP contribution in [0.4, 0.5) is 0 Å². The van der Waals surface area contributed by atoms with Crippen molar-refractivity contribution in [1.82, 2.24) is 4.90 Å². The molecule has 0 aromatic carbocycles. The molecule has 0 saturated heterocycles. The molecule has 0 heterocycles. The van der Waals surface area contributed by atoms with Gasteiger partial charge < -0.3 is 30.2 Å². The SMILES string of the molecule is CC(N(C)C)C(N)(P(=O)(O)O)P(=O)(O)O. The van der Waals surface area contributed by atoms with Gasteiger partial charge in [0, 0.05) is 6.04 Å². The summed E-state index contributed by atoms with van der Waals surface area (Å²) in [5.74, 6) is 0. The van der Waals surface area contributed by atoms with E-state index in [0.29, 0.717) is 0 Å². The van der Waals surface area contributed by atoms with Gasteiger partial charge >= 0.3 is 15.2 Å². The van der Waals surface area contributed by atoms with E-state index >= 15 is 0 Å². The van der Waals surface area contributed by atoms with Gasteiger partial charge in [0.15, 0.2) is 0 Å². The number of nitrogens with zero attached hydrogens (tertiary/aromatic N) is 1. The Hall–Kier alpha value is 0.220. The van der Waals surface area contributed by atoms with Crippen LogP contribution in [0.1, 0.15) is 6.92 Å². The van der Waals surface area contributed by atoms with Crippen LogP contribution in [0.15, 0.2) is 0 Å². The van der Waals surface area contributed by atoms with Crippen LogP contribution in [-0.4, -0.2) is 49.6 Å². The number of rotatable bonds is 4. The molecular formula is C5H16N2O6P2. The van der Waals surface area contributed by atoms with Crippen molar-refractivity contribution >= 4 is 15.2 Å². The molecule has 0 radical (unpaired) electrons. The number of nitrogens with two attached hydrogens (primary N) is 1. The normalized spacial score (nSPS) is 16.9. The summed E-state index contributed by atoms with van der Waals surface area (Å²) < 4.78 is 22.2. The fraction of sp³-hybridized carbons (Fsp3) is 1.00. The minimum Gasteiger partial charge on any atom is -0.323 e. The summed E-state index contributed by atoms with van der Waals surface area (Å²) in [5, 5.41) is -2.89. The largest absolute Gasteiger partial charge is 0.359 e. The molecule has 92 valence electrons. The molecule has 8 nitrogen and oxygen atoms in total.